The Morgan fingerprint density at radius 1 is 1.06 bits per heavy atom. The number of anilines is 1. The van der Waals surface area contributed by atoms with Crippen molar-refractivity contribution in [3.8, 4) is 5.75 Å². The van der Waals surface area contributed by atoms with Gasteiger partial charge in [-0.25, -0.2) is 16.8 Å². The van der Waals surface area contributed by atoms with E-state index in [2.05, 4.69) is 5.32 Å². The number of ether oxygens (including phenoxy) is 1. The van der Waals surface area contributed by atoms with Crippen molar-refractivity contribution in [3.63, 3.8) is 0 Å². The molecule has 9 nitrogen and oxygen atoms in total. The molecule has 2 heterocycles. The summed E-state index contributed by atoms with van der Waals surface area (Å²) in [7, 11) is -7.29. The lowest BCUT2D eigenvalue weighted by molar-refractivity contribution is -0.119. The number of sulfonamides is 2. The molecule has 1 aromatic carbocycles. The number of carbonyl (C=O) groups is 1. The fourth-order valence-electron chi connectivity index (χ4n) is 4.24. The number of hydrogen-bond donors (Lipinski definition) is 1. The molecule has 0 aliphatic carbocycles. The van der Waals surface area contributed by atoms with Crippen molar-refractivity contribution in [2.45, 2.75) is 63.3 Å². The molecule has 32 heavy (non-hydrogen) atoms. The molecule has 2 aliphatic rings. The molecule has 180 valence electrons. The largest absolute Gasteiger partial charge is 0.492 e. The second-order valence-electron chi connectivity index (χ2n) is 8.13. The van der Waals surface area contributed by atoms with E-state index in [4.69, 9.17) is 4.74 Å². The predicted octanol–water partition coefficient (Wildman–Crippen LogP) is 2.40. The quantitative estimate of drug-likeness (QED) is 0.572. The molecule has 0 spiro atoms. The van der Waals surface area contributed by atoms with Gasteiger partial charge < -0.3 is 10.1 Å². The minimum Gasteiger partial charge on any atom is -0.492 e. The van der Waals surface area contributed by atoms with Gasteiger partial charge in [0, 0.05) is 25.3 Å². The van der Waals surface area contributed by atoms with Crippen LogP contribution < -0.4 is 10.1 Å². The molecule has 11 heteroatoms. The number of piperidine rings is 1. The number of amides is 1. The third kappa shape index (κ3) is 5.44. The van der Waals surface area contributed by atoms with Crippen LogP contribution in [0.3, 0.4) is 0 Å². The van der Waals surface area contributed by atoms with E-state index in [9.17, 15) is 21.6 Å². The number of benzene rings is 1. The second kappa shape index (κ2) is 10.5. The molecular weight excluding hydrogens is 454 g/mol. The lowest BCUT2D eigenvalue weighted by atomic mass is 10.2. The Bertz CT molecular complexity index is 1020. The first kappa shape index (κ1) is 24.9. The van der Waals surface area contributed by atoms with Gasteiger partial charge in [0.25, 0.3) is 0 Å². The standard InChI is InChI=1S/C21H33N3O6S2/c1-3-15-31(26,27)24-14-8-9-18(24)21(25)22-17-10-11-19(30-4-2)20(16-17)32(28,29)23-12-6-5-7-13-23/h10-11,16,18H,3-9,12-15H2,1-2H3,(H,22,25). The Hall–Kier alpha value is -1.69. The molecule has 0 saturated carbocycles. The summed E-state index contributed by atoms with van der Waals surface area (Å²) in [4.78, 5) is 13.0. The smallest absolute Gasteiger partial charge is 0.246 e. The molecule has 1 unspecified atom stereocenters. The zero-order valence-electron chi connectivity index (χ0n) is 18.7. The maximum Gasteiger partial charge on any atom is 0.246 e. The normalized spacial score (nSPS) is 20.9. The summed E-state index contributed by atoms with van der Waals surface area (Å²) < 4.78 is 59.9. The Morgan fingerprint density at radius 3 is 2.44 bits per heavy atom. The van der Waals surface area contributed by atoms with Gasteiger partial charge in [-0.1, -0.05) is 13.3 Å². The molecule has 0 bridgehead atoms. The van der Waals surface area contributed by atoms with Crippen molar-refractivity contribution < 1.29 is 26.4 Å². The van der Waals surface area contributed by atoms with Crippen LogP contribution in [0.1, 0.15) is 52.4 Å². The van der Waals surface area contributed by atoms with E-state index in [1.54, 1.807) is 19.9 Å². The highest BCUT2D eigenvalue weighted by atomic mass is 32.2. The zero-order chi connectivity index (χ0) is 23.4. The summed E-state index contributed by atoms with van der Waals surface area (Å²) in [6, 6.07) is 3.74. The van der Waals surface area contributed by atoms with E-state index in [1.807, 2.05) is 0 Å². The van der Waals surface area contributed by atoms with Gasteiger partial charge in [0.05, 0.1) is 12.4 Å². The topological polar surface area (TPSA) is 113 Å². The van der Waals surface area contributed by atoms with Gasteiger partial charge >= 0.3 is 0 Å². The summed E-state index contributed by atoms with van der Waals surface area (Å²) in [5.41, 5.74) is 0.300. The summed E-state index contributed by atoms with van der Waals surface area (Å²) in [5, 5.41) is 2.73. The third-order valence-electron chi connectivity index (χ3n) is 5.77. The van der Waals surface area contributed by atoms with Crippen molar-refractivity contribution in [1.29, 1.82) is 0 Å². The van der Waals surface area contributed by atoms with Crippen LogP contribution in [0.5, 0.6) is 5.75 Å². The van der Waals surface area contributed by atoms with Crippen molar-refractivity contribution in [2.75, 3.05) is 37.3 Å². The SMILES string of the molecule is CCCS(=O)(=O)N1CCCC1C(=O)Nc1ccc(OCC)c(S(=O)(=O)N2CCCCC2)c1. The molecule has 2 saturated heterocycles. The number of nitrogens with one attached hydrogen (secondary N) is 1. The van der Waals surface area contributed by atoms with Crippen molar-refractivity contribution in [3.05, 3.63) is 18.2 Å². The van der Waals surface area contributed by atoms with Crippen molar-refractivity contribution in [2.24, 2.45) is 0 Å². The van der Waals surface area contributed by atoms with Gasteiger partial charge in [-0.3, -0.25) is 4.79 Å². The first-order valence-electron chi connectivity index (χ1n) is 11.3. The van der Waals surface area contributed by atoms with E-state index < -0.39 is 32.0 Å². The van der Waals surface area contributed by atoms with Crippen LogP contribution in [0.25, 0.3) is 0 Å². The summed E-state index contributed by atoms with van der Waals surface area (Å²) >= 11 is 0. The van der Waals surface area contributed by atoms with Crippen molar-refractivity contribution in [1.82, 2.24) is 8.61 Å². The maximum absolute atomic E-state index is 13.3. The van der Waals surface area contributed by atoms with E-state index >= 15 is 0 Å². The Labute approximate surface area is 191 Å². The molecule has 1 atom stereocenters. The number of hydrogen-bond acceptors (Lipinski definition) is 6. The third-order valence-corrected chi connectivity index (χ3v) is 9.77. The molecule has 1 amide bonds. The van der Waals surface area contributed by atoms with Crippen molar-refractivity contribution >= 4 is 31.6 Å². The molecule has 1 N–H and O–H groups in total. The van der Waals surface area contributed by atoms with Gasteiger partial charge in [-0.2, -0.15) is 8.61 Å². The highest BCUT2D eigenvalue weighted by Gasteiger charge is 2.38. The maximum atomic E-state index is 13.3. The first-order valence-corrected chi connectivity index (χ1v) is 14.3. The minimum absolute atomic E-state index is 0.00192. The first-order chi connectivity index (χ1) is 15.2. The summed E-state index contributed by atoms with van der Waals surface area (Å²) in [6.45, 7) is 5.10. The Kier molecular flexibility index (Phi) is 8.18. The van der Waals surface area contributed by atoms with Gasteiger partial charge in [-0.15, -0.1) is 0 Å². The lowest BCUT2D eigenvalue weighted by Gasteiger charge is -2.27. The number of nitrogens with zero attached hydrogens (tertiary/aromatic N) is 2. The predicted molar refractivity (Wildman–Crippen MR) is 123 cm³/mol. The molecule has 2 fully saturated rings. The summed E-state index contributed by atoms with van der Waals surface area (Å²) in [6.07, 6.45) is 4.14. The minimum atomic E-state index is -3.78. The molecule has 2 aliphatic heterocycles. The van der Waals surface area contributed by atoms with Gasteiger partial charge in [-0.05, 0) is 57.2 Å². The fourth-order valence-corrected chi connectivity index (χ4v) is 7.66. The number of carbonyl (C=O) groups excluding carboxylic acids is 1. The molecule has 0 aromatic heterocycles. The zero-order valence-corrected chi connectivity index (χ0v) is 20.4. The fraction of sp³-hybridized carbons (Fsp3) is 0.667. The lowest BCUT2D eigenvalue weighted by Crippen LogP contribution is -2.44. The van der Waals surface area contributed by atoms with Crippen LogP contribution in [-0.2, 0) is 24.8 Å². The monoisotopic (exact) mass is 487 g/mol. The molecule has 1 aromatic rings. The van der Waals surface area contributed by atoms with Gasteiger partial charge in [0.2, 0.25) is 26.0 Å². The number of rotatable bonds is 9. The van der Waals surface area contributed by atoms with E-state index in [0.717, 1.165) is 19.3 Å². The molecule has 3 rings (SSSR count). The van der Waals surface area contributed by atoms with Gasteiger partial charge in [0.15, 0.2) is 0 Å². The highest BCUT2D eigenvalue weighted by Crippen LogP contribution is 2.32. The van der Waals surface area contributed by atoms with E-state index in [1.165, 1.54) is 20.7 Å². The molecule has 0 radical (unpaired) electrons. The Morgan fingerprint density at radius 2 is 1.78 bits per heavy atom. The van der Waals surface area contributed by atoms with Gasteiger partial charge in [0.1, 0.15) is 16.7 Å². The van der Waals surface area contributed by atoms with Crippen LogP contribution in [0.2, 0.25) is 0 Å². The van der Waals surface area contributed by atoms with Crippen LogP contribution in [0.15, 0.2) is 23.1 Å². The van der Waals surface area contributed by atoms with Crippen LogP contribution >= 0.6 is 0 Å². The highest BCUT2D eigenvalue weighted by molar-refractivity contribution is 7.89. The Balaban J connectivity index is 1.86. The van der Waals surface area contributed by atoms with E-state index in [0.29, 0.717) is 51.2 Å². The van der Waals surface area contributed by atoms with Crippen LogP contribution in [-0.4, -0.2) is 69.4 Å². The van der Waals surface area contributed by atoms with Crippen LogP contribution in [0.4, 0.5) is 5.69 Å². The van der Waals surface area contributed by atoms with E-state index in [-0.39, 0.29) is 16.4 Å². The second-order valence-corrected chi connectivity index (χ2v) is 12.1. The molecular formula is C21H33N3O6S2. The van der Waals surface area contributed by atoms with Crippen LogP contribution in [0, 0.1) is 0 Å². The average molecular weight is 488 g/mol. The average Bonchev–Trinajstić information content (AvgIpc) is 3.27. The summed E-state index contributed by atoms with van der Waals surface area (Å²) in [5.74, 6) is -0.213.